The molecule has 0 aliphatic carbocycles. The lowest BCUT2D eigenvalue weighted by molar-refractivity contribution is -0.124. The Morgan fingerprint density at radius 2 is 1.67 bits per heavy atom. The average molecular weight is 608 g/mol. The second-order valence-electron chi connectivity index (χ2n) is 10.7. The van der Waals surface area contributed by atoms with Crippen molar-refractivity contribution in [3.8, 4) is 0 Å². The number of anilines is 2. The molecule has 0 radical (unpaired) electrons. The Labute approximate surface area is 254 Å². The number of rotatable bonds is 17. The number of hydrogen-bond donors (Lipinski definition) is 3. The molecule has 0 saturated carbocycles. The molecule has 3 N–H and O–H groups in total. The zero-order chi connectivity index (χ0) is 30.7. The van der Waals surface area contributed by atoms with Crippen LogP contribution < -0.4 is 14.9 Å². The molecule has 230 valence electrons. The number of benzene rings is 2. The number of imide groups is 1. The van der Waals surface area contributed by atoms with Crippen molar-refractivity contribution in [3.63, 3.8) is 0 Å². The molecule has 0 bridgehead atoms. The van der Waals surface area contributed by atoms with Crippen LogP contribution in [0, 0.1) is 0 Å². The molecular weight excluding hydrogens is 566 g/mol. The van der Waals surface area contributed by atoms with Crippen LogP contribution in [0.25, 0.3) is 0 Å². The largest absolute Gasteiger partial charge is 0.387 e. The van der Waals surface area contributed by atoms with Gasteiger partial charge in [-0.2, -0.15) is 0 Å². The molecule has 1 aliphatic heterocycles. The van der Waals surface area contributed by atoms with Gasteiger partial charge < -0.3 is 10.4 Å². The van der Waals surface area contributed by atoms with Gasteiger partial charge in [0.05, 0.1) is 11.0 Å². The SMILES string of the molecule is CCCCCCCCN1C(=O)CN(c2ccc(S(=O)(=O)Nc3ccc(CCNC[C@H](O)c4cccnc4)cc3)cc2)C1=O. The highest BCUT2D eigenvalue weighted by Gasteiger charge is 2.36. The lowest BCUT2D eigenvalue weighted by Gasteiger charge is -2.17. The number of nitrogens with one attached hydrogen (secondary N) is 2. The highest BCUT2D eigenvalue weighted by atomic mass is 32.2. The Bertz CT molecular complexity index is 1430. The van der Waals surface area contributed by atoms with Gasteiger partial charge in [-0.15, -0.1) is 0 Å². The predicted molar refractivity (Wildman–Crippen MR) is 167 cm³/mol. The van der Waals surface area contributed by atoms with Gasteiger partial charge in [0.2, 0.25) is 0 Å². The van der Waals surface area contributed by atoms with Crippen molar-refractivity contribution in [1.29, 1.82) is 0 Å². The summed E-state index contributed by atoms with van der Waals surface area (Å²) >= 11 is 0. The molecule has 2 aromatic carbocycles. The van der Waals surface area contributed by atoms with Crippen molar-refractivity contribution in [2.45, 2.75) is 62.9 Å². The molecular formula is C32H41N5O5S. The van der Waals surface area contributed by atoms with Crippen LogP contribution in [-0.2, 0) is 21.2 Å². The summed E-state index contributed by atoms with van der Waals surface area (Å²) in [7, 11) is -3.86. The van der Waals surface area contributed by atoms with Gasteiger partial charge >= 0.3 is 6.03 Å². The van der Waals surface area contributed by atoms with Crippen LogP contribution in [0.2, 0.25) is 0 Å². The van der Waals surface area contributed by atoms with Crippen molar-refractivity contribution in [2.24, 2.45) is 0 Å². The topological polar surface area (TPSA) is 132 Å². The van der Waals surface area contributed by atoms with Gasteiger partial charge in [-0.25, -0.2) is 13.2 Å². The number of pyridine rings is 1. The van der Waals surface area contributed by atoms with Crippen molar-refractivity contribution >= 4 is 33.3 Å². The van der Waals surface area contributed by atoms with Crippen molar-refractivity contribution in [1.82, 2.24) is 15.2 Å². The summed E-state index contributed by atoms with van der Waals surface area (Å²) in [6.07, 6.45) is 9.77. The number of carbonyl (C=O) groups excluding carboxylic acids is 2. The Hall–Kier alpha value is -3.80. The maximum Gasteiger partial charge on any atom is 0.331 e. The fourth-order valence-corrected chi connectivity index (χ4v) is 5.99. The third-order valence-corrected chi connectivity index (χ3v) is 8.85. The van der Waals surface area contributed by atoms with Crippen molar-refractivity contribution < 1.29 is 23.1 Å². The first-order valence-corrected chi connectivity index (χ1v) is 16.4. The molecule has 3 aromatic rings. The predicted octanol–water partition coefficient (Wildman–Crippen LogP) is 4.88. The molecule has 1 fully saturated rings. The van der Waals surface area contributed by atoms with E-state index in [4.69, 9.17) is 0 Å². The van der Waals surface area contributed by atoms with Gasteiger partial charge in [0, 0.05) is 42.4 Å². The summed E-state index contributed by atoms with van der Waals surface area (Å²) in [5.74, 6) is -0.238. The normalized spacial score (nSPS) is 14.4. The van der Waals surface area contributed by atoms with Gasteiger partial charge in [0.1, 0.15) is 6.54 Å². The summed E-state index contributed by atoms with van der Waals surface area (Å²) < 4.78 is 28.6. The molecule has 11 heteroatoms. The molecule has 1 saturated heterocycles. The molecule has 43 heavy (non-hydrogen) atoms. The Morgan fingerprint density at radius 1 is 0.953 bits per heavy atom. The molecule has 1 aliphatic rings. The van der Waals surface area contributed by atoms with Gasteiger partial charge in [-0.3, -0.25) is 24.3 Å². The number of aliphatic hydroxyl groups excluding tert-OH is 1. The van der Waals surface area contributed by atoms with Crippen LogP contribution in [0.3, 0.4) is 0 Å². The first-order valence-electron chi connectivity index (χ1n) is 14.9. The fourth-order valence-electron chi connectivity index (χ4n) is 4.93. The van der Waals surface area contributed by atoms with E-state index in [1.54, 1.807) is 42.7 Å². The summed E-state index contributed by atoms with van der Waals surface area (Å²) in [6.45, 7) is 3.57. The number of aliphatic hydroxyl groups is 1. The lowest BCUT2D eigenvalue weighted by Crippen LogP contribution is -2.33. The van der Waals surface area contributed by atoms with Crippen LogP contribution in [0.1, 0.15) is 62.7 Å². The van der Waals surface area contributed by atoms with Gasteiger partial charge in [-0.05, 0) is 67.4 Å². The fraction of sp³-hybridized carbons (Fsp3) is 0.406. The highest BCUT2D eigenvalue weighted by Crippen LogP contribution is 2.25. The van der Waals surface area contributed by atoms with Gasteiger partial charge in [-0.1, -0.05) is 57.2 Å². The van der Waals surface area contributed by atoms with E-state index >= 15 is 0 Å². The molecule has 1 aromatic heterocycles. The van der Waals surface area contributed by atoms with Crippen molar-refractivity contribution in [2.75, 3.05) is 35.8 Å². The van der Waals surface area contributed by atoms with E-state index in [1.807, 2.05) is 18.2 Å². The Kier molecular flexibility index (Phi) is 11.7. The summed E-state index contributed by atoms with van der Waals surface area (Å²) in [5.41, 5.74) is 2.68. The third kappa shape index (κ3) is 9.09. The summed E-state index contributed by atoms with van der Waals surface area (Å²) in [5, 5.41) is 13.4. The zero-order valence-corrected chi connectivity index (χ0v) is 25.4. The lowest BCUT2D eigenvalue weighted by atomic mass is 10.1. The number of aromatic nitrogens is 1. The summed E-state index contributed by atoms with van der Waals surface area (Å²) in [6, 6.07) is 16.3. The molecule has 0 spiro atoms. The monoisotopic (exact) mass is 607 g/mol. The highest BCUT2D eigenvalue weighted by molar-refractivity contribution is 7.92. The number of nitrogens with zero attached hydrogens (tertiary/aromatic N) is 3. The molecule has 3 amide bonds. The molecule has 0 unspecified atom stereocenters. The number of amides is 3. The molecule has 2 heterocycles. The van der Waals surface area contributed by atoms with Crippen LogP contribution in [0.4, 0.5) is 16.2 Å². The van der Waals surface area contributed by atoms with Crippen LogP contribution in [0.15, 0.2) is 78.0 Å². The van der Waals surface area contributed by atoms with E-state index in [0.29, 0.717) is 37.4 Å². The number of carbonyl (C=O) groups is 2. The number of unbranched alkanes of at least 4 members (excludes halogenated alkanes) is 5. The summed E-state index contributed by atoms with van der Waals surface area (Å²) in [4.78, 5) is 32.1. The van der Waals surface area contributed by atoms with Gasteiger partial charge in [0.25, 0.3) is 15.9 Å². The van der Waals surface area contributed by atoms with E-state index in [9.17, 15) is 23.1 Å². The molecule has 10 nitrogen and oxygen atoms in total. The minimum absolute atomic E-state index is 0.0496. The zero-order valence-electron chi connectivity index (χ0n) is 24.6. The first kappa shape index (κ1) is 32.1. The van der Waals surface area contributed by atoms with Crippen molar-refractivity contribution in [3.05, 3.63) is 84.2 Å². The maximum absolute atomic E-state index is 13.0. The van der Waals surface area contributed by atoms with E-state index in [2.05, 4.69) is 21.9 Å². The number of sulfonamides is 1. The van der Waals surface area contributed by atoms with Crippen LogP contribution in [0.5, 0.6) is 0 Å². The van der Waals surface area contributed by atoms with E-state index in [0.717, 1.165) is 30.4 Å². The molecule has 4 rings (SSSR count). The van der Waals surface area contributed by atoms with Gasteiger partial charge in [0.15, 0.2) is 0 Å². The average Bonchev–Trinajstić information content (AvgIpc) is 3.30. The van der Waals surface area contributed by atoms with E-state index in [-0.39, 0.29) is 23.4 Å². The first-order chi connectivity index (χ1) is 20.8. The second kappa shape index (κ2) is 15.6. The number of hydrogen-bond acceptors (Lipinski definition) is 7. The standard InChI is InChI=1S/C32H41N5O5S/c1-2-3-4-5-6-7-21-36-31(39)24-37(32(36)40)28-14-16-29(17-15-28)43(41,42)35-27-12-10-25(11-13-27)18-20-34-23-30(38)26-9-8-19-33-22-26/h8-17,19,22,30,34-35,38H,2-7,18,20-21,23-24H2,1H3/t30-/m0/s1. The second-order valence-corrected chi connectivity index (χ2v) is 12.4. The van der Waals surface area contributed by atoms with Crippen LogP contribution >= 0.6 is 0 Å². The smallest absolute Gasteiger partial charge is 0.331 e. The maximum atomic E-state index is 13.0. The molecule has 1 atom stereocenters. The minimum Gasteiger partial charge on any atom is -0.387 e. The Morgan fingerprint density at radius 3 is 2.37 bits per heavy atom. The quantitative estimate of drug-likeness (QED) is 0.147. The third-order valence-electron chi connectivity index (χ3n) is 7.45. The Balaban J connectivity index is 1.25. The number of urea groups is 1. The van der Waals surface area contributed by atoms with E-state index < -0.39 is 16.1 Å². The van der Waals surface area contributed by atoms with E-state index in [1.165, 1.54) is 41.2 Å². The van der Waals surface area contributed by atoms with Crippen LogP contribution in [-0.4, -0.2) is 61.5 Å². The minimum atomic E-state index is -3.86.